The Labute approximate surface area is 193 Å². The van der Waals surface area contributed by atoms with E-state index < -0.39 is 10.0 Å². The summed E-state index contributed by atoms with van der Waals surface area (Å²) in [6.07, 6.45) is 1.27. The van der Waals surface area contributed by atoms with E-state index >= 15 is 0 Å². The smallest absolute Gasteiger partial charge is 0.263 e. The maximum absolute atomic E-state index is 13.0. The third kappa shape index (κ3) is 5.52. The molecule has 170 valence electrons. The maximum atomic E-state index is 13.0. The van der Waals surface area contributed by atoms with Gasteiger partial charge in [0.2, 0.25) is 5.88 Å². The summed E-state index contributed by atoms with van der Waals surface area (Å²) in [5, 5.41) is 0. The van der Waals surface area contributed by atoms with Gasteiger partial charge in [-0.05, 0) is 35.2 Å². The molecule has 1 aromatic heterocycles. The van der Waals surface area contributed by atoms with E-state index in [-0.39, 0.29) is 16.1 Å². The van der Waals surface area contributed by atoms with E-state index in [4.69, 9.17) is 9.47 Å². The van der Waals surface area contributed by atoms with Gasteiger partial charge in [-0.3, -0.25) is 4.72 Å². The van der Waals surface area contributed by atoms with Crippen LogP contribution in [-0.2, 0) is 21.2 Å². The molecule has 2 aromatic carbocycles. The molecule has 0 aliphatic heterocycles. The highest BCUT2D eigenvalue weighted by Gasteiger charge is 2.22. The van der Waals surface area contributed by atoms with E-state index in [2.05, 4.69) is 35.5 Å². The third-order valence-electron chi connectivity index (χ3n) is 4.80. The van der Waals surface area contributed by atoms with E-state index in [1.807, 2.05) is 36.4 Å². The molecule has 3 aromatic rings. The number of para-hydroxylation sites is 1. The molecule has 3 rings (SSSR count). The molecule has 0 radical (unpaired) electrons. The Balaban J connectivity index is 1.89. The molecule has 0 amide bonds. The van der Waals surface area contributed by atoms with Crippen LogP contribution in [-0.4, -0.2) is 32.6 Å². The van der Waals surface area contributed by atoms with Crippen molar-refractivity contribution in [2.24, 2.45) is 0 Å². The Morgan fingerprint density at radius 3 is 2.28 bits per heavy atom. The fourth-order valence-electron chi connectivity index (χ4n) is 3.00. The van der Waals surface area contributed by atoms with E-state index in [0.717, 1.165) is 16.2 Å². The summed E-state index contributed by atoms with van der Waals surface area (Å²) < 4.78 is 39.5. The average molecular weight is 474 g/mol. The number of anilines is 1. The van der Waals surface area contributed by atoms with E-state index in [1.54, 1.807) is 19.2 Å². The minimum Gasteiger partial charge on any atom is -0.496 e. The van der Waals surface area contributed by atoms with Gasteiger partial charge in [0.15, 0.2) is 5.82 Å². The predicted octanol–water partition coefficient (Wildman–Crippen LogP) is 4.88. The van der Waals surface area contributed by atoms with Gasteiger partial charge < -0.3 is 9.47 Å². The number of methoxy groups -OCH3 is 2. The number of rotatable bonds is 8. The molecule has 32 heavy (non-hydrogen) atoms. The summed E-state index contributed by atoms with van der Waals surface area (Å²) in [7, 11) is -0.752. The number of hydrogen-bond donors (Lipinski definition) is 1. The first-order valence-electron chi connectivity index (χ1n) is 9.93. The first kappa shape index (κ1) is 23.9. The quantitative estimate of drug-likeness (QED) is 0.466. The van der Waals surface area contributed by atoms with Gasteiger partial charge in [-0.1, -0.05) is 45.0 Å². The molecule has 9 heteroatoms. The molecule has 0 aliphatic rings. The highest BCUT2D eigenvalue weighted by Crippen LogP contribution is 2.35. The summed E-state index contributed by atoms with van der Waals surface area (Å²) in [6.45, 7) is 6.23. The van der Waals surface area contributed by atoms with Crippen LogP contribution in [0.15, 0.2) is 64.6 Å². The fraction of sp³-hybridized carbons (Fsp3) is 0.304. The molecule has 0 fully saturated rings. The molecule has 0 aliphatic carbocycles. The van der Waals surface area contributed by atoms with Crippen LogP contribution in [0.25, 0.3) is 0 Å². The highest BCUT2D eigenvalue weighted by atomic mass is 32.2. The van der Waals surface area contributed by atoms with E-state index in [9.17, 15) is 8.42 Å². The minimum atomic E-state index is -3.85. The van der Waals surface area contributed by atoms with Crippen molar-refractivity contribution in [3.8, 4) is 11.6 Å². The average Bonchev–Trinajstić information content (AvgIpc) is 2.77. The number of sulfonamides is 1. The normalized spacial score (nSPS) is 11.8. The summed E-state index contributed by atoms with van der Waals surface area (Å²) in [6, 6.07) is 14.5. The SMILES string of the molecule is COc1ccccc1SCc1c(NS(=O)(=O)c2ccc(C(C)(C)C)cc2)ncnc1OC. The van der Waals surface area contributed by atoms with Crippen LogP contribution in [0.4, 0.5) is 5.82 Å². The summed E-state index contributed by atoms with van der Waals surface area (Å²) in [5.41, 5.74) is 1.52. The zero-order chi connectivity index (χ0) is 23.4. The second-order valence-corrected chi connectivity index (χ2v) is 10.7. The van der Waals surface area contributed by atoms with Crippen molar-refractivity contribution in [2.75, 3.05) is 18.9 Å². The number of nitrogens with one attached hydrogen (secondary N) is 1. The molecular formula is C23H27N3O4S2. The fourth-order valence-corrected chi connectivity index (χ4v) is 5.07. The van der Waals surface area contributed by atoms with Crippen LogP contribution in [0.3, 0.4) is 0 Å². The monoisotopic (exact) mass is 473 g/mol. The van der Waals surface area contributed by atoms with Gasteiger partial charge >= 0.3 is 0 Å². The lowest BCUT2D eigenvalue weighted by Gasteiger charge is -2.19. The molecule has 0 unspecified atom stereocenters. The van der Waals surface area contributed by atoms with Crippen LogP contribution in [0.1, 0.15) is 31.9 Å². The van der Waals surface area contributed by atoms with Crippen molar-refractivity contribution in [1.29, 1.82) is 0 Å². The van der Waals surface area contributed by atoms with Gasteiger partial charge in [0.1, 0.15) is 12.1 Å². The Kier molecular flexibility index (Phi) is 7.30. The lowest BCUT2D eigenvalue weighted by atomic mass is 9.87. The number of ether oxygens (including phenoxy) is 2. The molecule has 0 spiro atoms. The van der Waals surface area contributed by atoms with Crippen LogP contribution in [0.2, 0.25) is 0 Å². The first-order valence-corrected chi connectivity index (χ1v) is 12.4. The van der Waals surface area contributed by atoms with Crippen molar-refractivity contribution in [1.82, 2.24) is 9.97 Å². The number of hydrogen-bond acceptors (Lipinski definition) is 7. The molecule has 7 nitrogen and oxygen atoms in total. The van der Waals surface area contributed by atoms with Gasteiger partial charge in [0.25, 0.3) is 10.0 Å². The lowest BCUT2D eigenvalue weighted by molar-refractivity contribution is 0.393. The maximum Gasteiger partial charge on any atom is 0.263 e. The second kappa shape index (κ2) is 9.79. The van der Waals surface area contributed by atoms with Gasteiger partial charge in [-0.25, -0.2) is 18.4 Å². The van der Waals surface area contributed by atoms with Crippen molar-refractivity contribution < 1.29 is 17.9 Å². The van der Waals surface area contributed by atoms with E-state index in [0.29, 0.717) is 17.2 Å². The van der Waals surface area contributed by atoms with Gasteiger partial charge in [-0.15, -0.1) is 11.8 Å². The Morgan fingerprint density at radius 2 is 1.66 bits per heavy atom. The zero-order valence-electron chi connectivity index (χ0n) is 18.7. The summed E-state index contributed by atoms with van der Waals surface area (Å²) >= 11 is 1.48. The van der Waals surface area contributed by atoms with Gasteiger partial charge in [0.05, 0.1) is 24.7 Å². The topological polar surface area (TPSA) is 90.4 Å². The number of thioether (sulfide) groups is 1. The van der Waals surface area contributed by atoms with Crippen molar-refractivity contribution in [3.05, 3.63) is 66.0 Å². The van der Waals surface area contributed by atoms with Crippen LogP contribution < -0.4 is 14.2 Å². The van der Waals surface area contributed by atoms with Crippen molar-refractivity contribution in [2.45, 2.75) is 41.7 Å². The van der Waals surface area contributed by atoms with Crippen molar-refractivity contribution >= 4 is 27.6 Å². The third-order valence-corrected chi connectivity index (χ3v) is 7.24. The number of aromatic nitrogens is 2. The minimum absolute atomic E-state index is 0.0708. The summed E-state index contributed by atoms with van der Waals surface area (Å²) in [4.78, 5) is 9.39. The molecule has 0 saturated carbocycles. The van der Waals surface area contributed by atoms with E-state index in [1.165, 1.54) is 25.2 Å². The molecule has 0 saturated heterocycles. The zero-order valence-corrected chi connectivity index (χ0v) is 20.4. The standard InChI is InChI=1S/C23H27N3O4S2/c1-23(2,3)16-10-12-17(13-11-16)32(27,28)26-21-18(22(30-5)25-15-24-21)14-31-20-9-7-6-8-19(20)29-4/h6-13,15H,14H2,1-5H3,(H,24,25,26). The lowest BCUT2D eigenvalue weighted by Crippen LogP contribution is -2.17. The van der Waals surface area contributed by atoms with Crippen LogP contribution in [0.5, 0.6) is 11.6 Å². The Bertz CT molecular complexity index is 1170. The van der Waals surface area contributed by atoms with Crippen LogP contribution >= 0.6 is 11.8 Å². The Hall–Kier alpha value is -2.78. The van der Waals surface area contributed by atoms with Gasteiger partial charge in [0, 0.05) is 10.6 Å². The van der Waals surface area contributed by atoms with Crippen molar-refractivity contribution in [3.63, 3.8) is 0 Å². The first-order chi connectivity index (χ1) is 15.2. The second-order valence-electron chi connectivity index (χ2n) is 8.03. The molecule has 1 N–H and O–H groups in total. The predicted molar refractivity (Wildman–Crippen MR) is 127 cm³/mol. The number of benzene rings is 2. The molecule has 0 bridgehead atoms. The van der Waals surface area contributed by atoms with Gasteiger partial charge in [-0.2, -0.15) is 0 Å². The highest BCUT2D eigenvalue weighted by molar-refractivity contribution is 7.98. The largest absolute Gasteiger partial charge is 0.496 e. The molecular weight excluding hydrogens is 446 g/mol. The Morgan fingerprint density at radius 1 is 0.969 bits per heavy atom. The summed E-state index contributed by atoms with van der Waals surface area (Å²) in [5.74, 6) is 1.60. The van der Waals surface area contributed by atoms with Crippen LogP contribution in [0, 0.1) is 0 Å². The number of nitrogens with zero attached hydrogens (tertiary/aromatic N) is 2. The molecule has 0 atom stereocenters. The molecule has 1 heterocycles.